The molecule has 0 aliphatic heterocycles. The SMILES string of the molecule is CCCCCCCCOc1ccc([N+](=O)[O-])cc1CSCCO. The molecule has 6 heteroatoms. The van der Waals surface area contributed by atoms with Crippen LogP contribution in [0.4, 0.5) is 5.69 Å². The van der Waals surface area contributed by atoms with Crippen molar-refractivity contribution in [3.63, 3.8) is 0 Å². The summed E-state index contributed by atoms with van der Waals surface area (Å²) in [6, 6.07) is 4.74. The molecule has 1 aromatic rings. The van der Waals surface area contributed by atoms with Crippen LogP contribution >= 0.6 is 11.8 Å². The summed E-state index contributed by atoms with van der Waals surface area (Å²) in [4.78, 5) is 10.5. The van der Waals surface area contributed by atoms with Gasteiger partial charge in [0.2, 0.25) is 0 Å². The summed E-state index contributed by atoms with van der Waals surface area (Å²) in [6.45, 7) is 2.95. The number of nitrogens with zero attached hydrogens (tertiary/aromatic N) is 1. The van der Waals surface area contributed by atoms with Crippen LogP contribution in [0.15, 0.2) is 18.2 Å². The second-order valence-electron chi connectivity index (χ2n) is 5.44. The molecule has 1 rings (SSSR count). The Bertz CT molecular complexity index is 468. The molecule has 0 aromatic heterocycles. The number of hydrogen-bond acceptors (Lipinski definition) is 5. The Morgan fingerprint density at radius 2 is 1.96 bits per heavy atom. The fourth-order valence-electron chi connectivity index (χ4n) is 2.24. The van der Waals surface area contributed by atoms with Gasteiger partial charge in [0.1, 0.15) is 5.75 Å². The van der Waals surface area contributed by atoms with Crippen LogP contribution in [0.1, 0.15) is 51.0 Å². The highest BCUT2D eigenvalue weighted by Gasteiger charge is 2.12. The Labute approximate surface area is 142 Å². The fourth-order valence-corrected chi connectivity index (χ4v) is 2.96. The van der Waals surface area contributed by atoms with Crippen LogP contribution in [0.3, 0.4) is 0 Å². The predicted molar refractivity (Wildman–Crippen MR) is 95.2 cm³/mol. The Balaban J connectivity index is 2.49. The number of ether oxygens (including phenoxy) is 1. The van der Waals surface area contributed by atoms with E-state index in [2.05, 4.69) is 6.92 Å². The molecule has 0 aliphatic carbocycles. The van der Waals surface area contributed by atoms with Gasteiger partial charge in [-0.05, 0) is 12.5 Å². The van der Waals surface area contributed by atoms with Crippen LogP contribution in [0.2, 0.25) is 0 Å². The first kappa shape index (κ1) is 19.8. The van der Waals surface area contributed by atoms with E-state index in [0.717, 1.165) is 24.2 Å². The maximum Gasteiger partial charge on any atom is 0.270 e. The van der Waals surface area contributed by atoms with Crippen molar-refractivity contribution in [2.24, 2.45) is 0 Å². The zero-order valence-electron chi connectivity index (χ0n) is 13.8. The monoisotopic (exact) mass is 341 g/mol. The second kappa shape index (κ2) is 12.2. The number of rotatable bonds is 13. The number of aliphatic hydroxyl groups excluding tert-OH is 1. The lowest BCUT2D eigenvalue weighted by molar-refractivity contribution is -0.384. The zero-order chi connectivity index (χ0) is 16.9. The predicted octanol–water partition coefficient (Wildman–Crippen LogP) is 4.56. The van der Waals surface area contributed by atoms with Gasteiger partial charge in [0.05, 0.1) is 18.1 Å². The third-order valence-corrected chi connectivity index (χ3v) is 4.49. The van der Waals surface area contributed by atoms with E-state index >= 15 is 0 Å². The number of unbranched alkanes of at least 4 members (excludes halogenated alkanes) is 5. The summed E-state index contributed by atoms with van der Waals surface area (Å²) in [5.41, 5.74) is 0.903. The average Bonchev–Trinajstić information content (AvgIpc) is 2.55. The van der Waals surface area contributed by atoms with Gasteiger partial charge in [0, 0.05) is 29.2 Å². The highest BCUT2D eigenvalue weighted by Crippen LogP contribution is 2.28. The van der Waals surface area contributed by atoms with E-state index in [1.807, 2.05) is 0 Å². The molecule has 0 spiro atoms. The quantitative estimate of drug-likeness (QED) is 0.323. The third kappa shape index (κ3) is 8.23. The van der Waals surface area contributed by atoms with Gasteiger partial charge in [-0.3, -0.25) is 10.1 Å². The number of nitro benzene ring substituents is 1. The molecule has 1 aromatic carbocycles. The van der Waals surface area contributed by atoms with Crippen molar-refractivity contribution in [1.29, 1.82) is 0 Å². The van der Waals surface area contributed by atoms with Gasteiger partial charge in [-0.15, -0.1) is 0 Å². The van der Waals surface area contributed by atoms with Crippen molar-refractivity contribution in [2.75, 3.05) is 19.0 Å². The summed E-state index contributed by atoms with van der Waals surface area (Å²) in [6.07, 6.45) is 7.20. The van der Waals surface area contributed by atoms with Gasteiger partial charge >= 0.3 is 0 Å². The second-order valence-corrected chi connectivity index (χ2v) is 6.55. The van der Waals surface area contributed by atoms with E-state index < -0.39 is 4.92 Å². The summed E-state index contributed by atoms with van der Waals surface area (Å²) in [7, 11) is 0. The average molecular weight is 341 g/mol. The smallest absolute Gasteiger partial charge is 0.270 e. The largest absolute Gasteiger partial charge is 0.493 e. The Kier molecular flexibility index (Phi) is 10.5. The van der Waals surface area contributed by atoms with Gasteiger partial charge < -0.3 is 9.84 Å². The topological polar surface area (TPSA) is 72.6 Å². The molecule has 0 aliphatic rings. The van der Waals surface area contributed by atoms with Crippen LogP contribution in [0.5, 0.6) is 5.75 Å². The number of non-ortho nitro benzene ring substituents is 1. The molecule has 0 saturated carbocycles. The van der Waals surface area contributed by atoms with E-state index in [-0.39, 0.29) is 12.3 Å². The summed E-state index contributed by atoms with van der Waals surface area (Å²) < 4.78 is 5.81. The van der Waals surface area contributed by atoms with Gasteiger partial charge in [-0.25, -0.2) is 0 Å². The summed E-state index contributed by atoms with van der Waals surface area (Å²) >= 11 is 1.54. The highest BCUT2D eigenvalue weighted by atomic mass is 32.2. The van der Waals surface area contributed by atoms with Crippen molar-refractivity contribution >= 4 is 17.4 Å². The molecule has 130 valence electrons. The molecule has 0 unspecified atom stereocenters. The molecule has 5 nitrogen and oxygen atoms in total. The molecule has 0 amide bonds. The highest BCUT2D eigenvalue weighted by molar-refractivity contribution is 7.98. The van der Waals surface area contributed by atoms with Crippen LogP contribution in [-0.2, 0) is 5.75 Å². The molecule has 0 saturated heterocycles. The molecular formula is C17H27NO4S. The number of thioether (sulfide) groups is 1. The van der Waals surface area contributed by atoms with Crippen molar-refractivity contribution in [3.05, 3.63) is 33.9 Å². The number of benzene rings is 1. The lowest BCUT2D eigenvalue weighted by atomic mass is 10.1. The number of nitro groups is 1. The molecule has 23 heavy (non-hydrogen) atoms. The Hall–Kier alpha value is -1.27. The zero-order valence-corrected chi connectivity index (χ0v) is 14.6. The van der Waals surface area contributed by atoms with Crippen LogP contribution in [0, 0.1) is 10.1 Å². The van der Waals surface area contributed by atoms with E-state index in [1.54, 1.807) is 23.9 Å². The molecule has 0 atom stereocenters. The lowest BCUT2D eigenvalue weighted by Crippen LogP contribution is -2.01. The van der Waals surface area contributed by atoms with E-state index in [1.165, 1.54) is 31.7 Å². The molecule has 1 N–H and O–H groups in total. The minimum absolute atomic E-state index is 0.0801. The third-order valence-electron chi connectivity index (χ3n) is 3.50. The first-order chi connectivity index (χ1) is 11.2. The van der Waals surface area contributed by atoms with Crippen molar-refractivity contribution in [3.8, 4) is 5.75 Å². The molecule has 0 fully saturated rings. The van der Waals surface area contributed by atoms with Gasteiger partial charge in [0.15, 0.2) is 0 Å². The Morgan fingerprint density at radius 1 is 1.22 bits per heavy atom. The van der Waals surface area contributed by atoms with Gasteiger partial charge in [-0.2, -0.15) is 11.8 Å². The fraction of sp³-hybridized carbons (Fsp3) is 0.647. The van der Waals surface area contributed by atoms with Crippen LogP contribution in [-0.4, -0.2) is 29.0 Å². The molecule has 0 heterocycles. The Morgan fingerprint density at radius 3 is 2.65 bits per heavy atom. The minimum Gasteiger partial charge on any atom is -0.493 e. The maximum absolute atomic E-state index is 10.9. The molecule has 0 bridgehead atoms. The van der Waals surface area contributed by atoms with E-state index in [9.17, 15) is 10.1 Å². The molecular weight excluding hydrogens is 314 g/mol. The van der Waals surface area contributed by atoms with E-state index in [0.29, 0.717) is 18.1 Å². The van der Waals surface area contributed by atoms with Crippen LogP contribution < -0.4 is 4.74 Å². The van der Waals surface area contributed by atoms with Gasteiger partial charge in [-0.1, -0.05) is 39.0 Å². The first-order valence-corrected chi connectivity index (χ1v) is 9.43. The number of hydrogen-bond donors (Lipinski definition) is 1. The minimum atomic E-state index is -0.391. The van der Waals surface area contributed by atoms with Crippen LogP contribution in [0.25, 0.3) is 0 Å². The summed E-state index contributed by atoms with van der Waals surface area (Å²) in [5, 5.41) is 19.8. The normalized spacial score (nSPS) is 10.7. The van der Waals surface area contributed by atoms with Crippen molar-refractivity contribution in [1.82, 2.24) is 0 Å². The van der Waals surface area contributed by atoms with E-state index in [4.69, 9.17) is 9.84 Å². The number of aliphatic hydroxyl groups is 1. The van der Waals surface area contributed by atoms with Gasteiger partial charge in [0.25, 0.3) is 5.69 Å². The summed E-state index contributed by atoms with van der Waals surface area (Å²) in [5.74, 6) is 1.93. The maximum atomic E-state index is 10.9. The lowest BCUT2D eigenvalue weighted by Gasteiger charge is -2.11. The molecule has 0 radical (unpaired) electrons. The first-order valence-electron chi connectivity index (χ1n) is 8.27. The van der Waals surface area contributed by atoms with Crippen molar-refractivity contribution < 1.29 is 14.8 Å². The van der Waals surface area contributed by atoms with Crippen molar-refractivity contribution in [2.45, 2.75) is 51.2 Å². The standard InChI is InChI=1S/C17H27NO4S/c1-2-3-4-5-6-7-11-22-17-9-8-16(18(20)21)13-15(17)14-23-12-10-19/h8-9,13,19H,2-7,10-12,14H2,1H3.